The summed E-state index contributed by atoms with van der Waals surface area (Å²) in [7, 11) is -4.65. The first-order valence-electron chi connectivity index (χ1n) is 9.50. The lowest BCUT2D eigenvalue weighted by Crippen LogP contribution is -2.44. The zero-order valence-electron chi connectivity index (χ0n) is 16.9. The lowest BCUT2D eigenvalue weighted by Gasteiger charge is -2.32. The molecule has 1 unspecified atom stereocenters. The van der Waals surface area contributed by atoms with Crippen LogP contribution in [0.2, 0.25) is 0 Å². The van der Waals surface area contributed by atoms with E-state index in [1.54, 1.807) is 17.5 Å². The minimum Gasteiger partial charge on any atom is -0.361 e. The van der Waals surface area contributed by atoms with Crippen LogP contribution in [0.5, 0.6) is 0 Å². The van der Waals surface area contributed by atoms with Crippen LogP contribution in [0.4, 0.5) is 14.5 Å². The maximum atomic E-state index is 12.7. The summed E-state index contributed by atoms with van der Waals surface area (Å²) >= 11 is 1.55. The molecule has 0 saturated heterocycles. The number of aliphatic hydroxyl groups excluding tert-OH is 1. The Morgan fingerprint density at radius 1 is 1.16 bits per heavy atom. The number of aromatic nitrogens is 1. The number of thiazole rings is 1. The molecule has 6 nitrogen and oxygen atoms in total. The Bertz CT molecular complexity index is 1090. The molecule has 2 N–H and O–H groups in total. The third-order valence-corrected chi connectivity index (χ3v) is 6.88. The second-order valence-corrected chi connectivity index (χ2v) is 9.96. The molecule has 0 amide bonds. The van der Waals surface area contributed by atoms with E-state index in [1.807, 2.05) is 48.4 Å². The number of hydrogen-bond acceptors (Lipinski definition) is 7. The van der Waals surface area contributed by atoms with Crippen LogP contribution in [0.3, 0.4) is 0 Å². The van der Waals surface area contributed by atoms with Crippen molar-refractivity contribution in [3.8, 4) is 10.6 Å². The van der Waals surface area contributed by atoms with Gasteiger partial charge in [-0.05, 0) is 49.7 Å². The van der Waals surface area contributed by atoms with Crippen LogP contribution in [0.15, 0.2) is 65.0 Å². The molecule has 1 heterocycles. The van der Waals surface area contributed by atoms with E-state index in [9.17, 15) is 22.3 Å². The number of anilines is 1. The van der Waals surface area contributed by atoms with Crippen molar-refractivity contribution in [2.75, 3.05) is 5.32 Å². The molecule has 166 valence electrons. The smallest absolute Gasteiger partial charge is 0.341 e. The predicted octanol–water partition coefficient (Wildman–Crippen LogP) is 4.40. The van der Waals surface area contributed by atoms with Crippen molar-refractivity contribution in [3.63, 3.8) is 0 Å². The van der Waals surface area contributed by atoms with Gasteiger partial charge >= 0.3 is 5.76 Å². The van der Waals surface area contributed by atoms with Crippen molar-refractivity contribution in [2.45, 2.75) is 43.4 Å². The van der Waals surface area contributed by atoms with Gasteiger partial charge in [0.15, 0.2) is 6.35 Å². The second kappa shape index (κ2) is 9.82. The quantitative estimate of drug-likeness (QED) is 0.454. The van der Waals surface area contributed by atoms with Crippen LogP contribution in [0.25, 0.3) is 10.6 Å². The number of benzene rings is 2. The Kier molecular flexibility index (Phi) is 7.37. The fourth-order valence-corrected chi connectivity index (χ4v) is 4.36. The topological polar surface area (TPSA) is 82.5 Å². The average Bonchev–Trinajstić information content (AvgIpc) is 3.27. The number of nitrogens with zero attached hydrogens (tertiary/aromatic N) is 2. The molecule has 1 atom stereocenters. The highest BCUT2D eigenvalue weighted by atomic mass is 32.2. The SMILES string of the molecule is CC(C)N(Cc1cccc(-c2nccs2)c1)C(O)Nc1ccc(S(=O)(=O)C(F)F)cc1. The van der Waals surface area contributed by atoms with Gasteiger partial charge in [-0.15, -0.1) is 11.3 Å². The van der Waals surface area contributed by atoms with Crippen LogP contribution in [0, 0.1) is 0 Å². The summed E-state index contributed by atoms with van der Waals surface area (Å²) in [6.07, 6.45) is 0.666. The van der Waals surface area contributed by atoms with Crippen molar-refractivity contribution in [2.24, 2.45) is 0 Å². The minimum absolute atomic E-state index is 0.0236. The van der Waals surface area contributed by atoms with E-state index in [-0.39, 0.29) is 6.04 Å². The van der Waals surface area contributed by atoms with Gasteiger partial charge in [-0.2, -0.15) is 8.78 Å². The summed E-state index contributed by atoms with van der Waals surface area (Å²) in [5, 5.41) is 16.4. The van der Waals surface area contributed by atoms with Gasteiger partial charge < -0.3 is 10.4 Å². The fourth-order valence-electron chi connectivity index (χ4n) is 3.01. The zero-order valence-corrected chi connectivity index (χ0v) is 18.6. The first-order chi connectivity index (χ1) is 14.7. The third kappa shape index (κ3) is 5.65. The van der Waals surface area contributed by atoms with Crippen LogP contribution in [-0.2, 0) is 16.4 Å². The number of halogens is 2. The molecule has 3 rings (SSSR count). The first kappa shape index (κ1) is 23.3. The molecule has 2 aromatic carbocycles. The van der Waals surface area contributed by atoms with Crippen molar-refractivity contribution in [3.05, 3.63) is 65.7 Å². The van der Waals surface area contributed by atoms with Crippen LogP contribution in [0.1, 0.15) is 19.4 Å². The molecule has 10 heteroatoms. The lowest BCUT2D eigenvalue weighted by molar-refractivity contribution is -0.00172. The van der Waals surface area contributed by atoms with Crippen LogP contribution >= 0.6 is 11.3 Å². The van der Waals surface area contributed by atoms with Crippen molar-refractivity contribution < 1.29 is 22.3 Å². The fraction of sp³-hybridized carbons (Fsp3) is 0.286. The standard InChI is InChI=1S/C21H23F2N3O3S2/c1-14(2)26(13-15-4-3-5-16(12-15)19-24-10-11-30-19)21(27)25-17-6-8-18(9-7-17)31(28,29)20(22)23/h3-12,14,20-21,25,27H,13H2,1-2H3. The van der Waals surface area contributed by atoms with E-state index in [4.69, 9.17) is 0 Å². The molecule has 1 aromatic heterocycles. The molecule has 0 aliphatic rings. The predicted molar refractivity (Wildman–Crippen MR) is 117 cm³/mol. The zero-order chi connectivity index (χ0) is 22.6. The van der Waals surface area contributed by atoms with Gasteiger partial charge in [0.25, 0.3) is 0 Å². The van der Waals surface area contributed by atoms with Gasteiger partial charge in [-0.1, -0.05) is 18.2 Å². The van der Waals surface area contributed by atoms with E-state index in [2.05, 4.69) is 10.3 Å². The highest BCUT2D eigenvalue weighted by Crippen LogP contribution is 2.24. The first-order valence-corrected chi connectivity index (χ1v) is 11.9. The highest BCUT2D eigenvalue weighted by Gasteiger charge is 2.26. The maximum Gasteiger partial charge on any atom is 0.341 e. The number of rotatable bonds is 9. The molecule has 3 aromatic rings. The number of nitrogens with one attached hydrogen (secondary N) is 1. The number of aliphatic hydroxyl groups is 1. The van der Waals surface area contributed by atoms with Gasteiger partial charge in [0, 0.05) is 35.4 Å². The number of hydrogen-bond donors (Lipinski definition) is 2. The van der Waals surface area contributed by atoms with Gasteiger partial charge in [0.2, 0.25) is 9.84 Å². The molecule has 0 radical (unpaired) electrons. The molecule has 0 saturated carbocycles. The van der Waals surface area contributed by atoms with E-state index in [1.165, 1.54) is 12.1 Å². The van der Waals surface area contributed by atoms with Crippen molar-refractivity contribution in [1.82, 2.24) is 9.88 Å². The number of alkyl halides is 2. The summed E-state index contributed by atoms with van der Waals surface area (Å²) in [5.74, 6) is -3.48. The molecule has 0 aliphatic heterocycles. The van der Waals surface area contributed by atoms with E-state index >= 15 is 0 Å². The summed E-state index contributed by atoms with van der Waals surface area (Å²) in [6.45, 7) is 4.32. The summed E-state index contributed by atoms with van der Waals surface area (Å²) in [4.78, 5) is 5.66. The Morgan fingerprint density at radius 2 is 1.87 bits per heavy atom. The third-order valence-electron chi connectivity index (χ3n) is 4.66. The van der Waals surface area contributed by atoms with Gasteiger partial charge in [-0.3, -0.25) is 4.90 Å². The minimum atomic E-state index is -4.65. The molecular formula is C21H23F2N3O3S2. The summed E-state index contributed by atoms with van der Waals surface area (Å²) in [6, 6.07) is 12.7. The van der Waals surface area contributed by atoms with E-state index in [0.29, 0.717) is 12.2 Å². The van der Waals surface area contributed by atoms with E-state index in [0.717, 1.165) is 28.3 Å². The van der Waals surface area contributed by atoms with Crippen molar-refractivity contribution in [1.29, 1.82) is 0 Å². The molecule has 0 spiro atoms. The Labute approximate surface area is 184 Å². The second-order valence-electron chi connectivity index (χ2n) is 7.15. The van der Waals surface area contributed by atoms with Gasteiger partial charge in [0.05, 0.1) is 4.90 Å². The molecular weight excluding hydrogens is 444 g/mol. The lowest BCUT2D eigenvalue weighted by atomic mass is 10.1. The Balaban J connectivity index is 1.73. The van der Waals surface area contributed by atoms with Gasteiger partial charge in [0.1, 0.15) is 5.01 Å². The summed E-state index contributed by atoms with van der Waals surface area (Å²) < 4.78 is 48.4. The largest absolute Gasteiger partial charge is 0.361 e. The van der Waals surface area contributed by atoms with Crippen LogP contribution < -0.4 is 5.32 Å². The molecule has 0 fully saturated rings. The molecule has 0 aliphatic carbocycles. The van der Waals surface area contributed by atoms with Gasteiger partial charge in [-0.25, -0.2) is 13.4 Å². The Hall–Kier alpha value is -2.40. The number of sulfone groups is 1. The monoisotopic (exact) mass is 467 g/mol. The highest BCUT2D eigenvalue weighted by molar-refractivity contribution is 7.91. The molecule has 0 bridgehead atoms. The Morgan fingerprint density at radius 3 is 2.45 bits per heavy atom. The van der Waals surface area contributed by atoms with E-state index < -0.39 is 26.8 Å². The van der Waals surface area contributed by atoms with Crippen molar-refractivity contribution >= 4 is 26.9 Å². The average molecular weight is 468 g/mol. The molecule has 31 heavy (non-hydrogen) atoms. The maximum absolute atomic E-state index is 12.7. The summed E-state index contributed by atoms with van der Waals surface area (Å²) in [5.41, 5.74) is 2.39. The normalized spacial score (nSPS) is 13.2. The van der Waals surface area contributed by atoms with Crippen LogP contribution in [-0.4, -0.2) is 41.6 Å².